The van der Waals surface area contributed by atoms with Crippen molar-refractivity contribution in [3.63, 3.8) is 0 Å². The maximum absolute atomic E-state index is 6.42. The smallest absolute Gasteiger partial charge is 0.0453 e. The summed E-state index contributed by atoms with van der Waals surface area (Å²) >= 11 is 12.4. The van der Waals surface area contributed by atoms with E-state index >= 15 is 0 Å². The summed E-state index contributed by atoms with van der Waals surface area (Å²) < 4.78 is 0. The van der Waals surface area contributed by atoms with Crippen molar-refractivity contribution in [1.29, 1.82) is 0 Å². The Hall–Kier alpha value is -0.240. The fourth-order valence-electron chi connectivity index (χ4n) is 3.93. The second kappa shape index (κ2) is 5.03. The lowest BCUT2D eigenvalue weighted by molar-refractivity contribution is 0.280. The van der Waals surface area contributed by atoms with Crippen molar-refractivity contribution in [3.8, 4) is 0 Å². The summed E-state index contributed by atoms with van der Waals surface area (Å²) in [4.78, 5) is 0. The van der Waals surface area contributed by atoms with E-state index in [0.29, 0.717) is 5.92 Å². The van der Waals surface area contributed by atoms with Gasteiger partial charge in [-0.15, -0.1) is 0 Å². The third kappa shape index (κ3) is 2.29. The highest BCUT2D eigenvalue weighted by Crippen LogP contribution is 2.49. The average Bonchev–Trinajstić information content (AvgIpc) is 2.96. The van der Waals surface area contributed by atoms with Crippen molar-refractivity contribution >= 4 is 23.2 Å². The van der Waals surface area contributed by atoms with Crippen LogP contribution in [0.25, 0.3) is 0 Å². The van der Waals surface area contributed by atoms with Crippen molar-refractivity contribution in [2.24, 2.45) is 23.5 Å². The number of nitrogens with two attached hydrogens (primary N) is 1. The maximum Gasteiger partial charge on any atom is 0.0453 e. The van der Waals surface area contributed by atoms with Crippen molar-refractivity contribution in [2.75, 3.05) is 0 Å². The van der Waals surface area contributed by atoms with E-state index < -0.39 is 0 Å². The van der Waals surface area contributed by atoms with Gasteiger partial charge in [0.25, 0.3) is 0 Å². The third-order valence-corrected chi connectivity index (χ3v) is 5.55. The number of fused-ring (bicyclic) bond motifs is 2. The Morgan fingerprint density at radius 3 is 2.44 bits per heavy atom. The second-order valence-corrected chi connectivity index (χ2v) is 6.72. The lowest BCUT2D eigenvalue weighted by Crippen LogP contribution is -2.35. The number of hydrogen-bond donors (Lipinski definition) is 1. The molecule has 1 aromatic carbocycles. The van der Waals surface area contributed by atoms with Gasteiger partial charge in [0.1, 0.15) is 0 Å². The molecule has 0 aliphatic heterocycles. The topological polar surface area (TPSA) is 26.0 Å². The maximum atomic E-state index is 6.42. The predicted octanol–water partition coefficient (Wildman–Crippen LogP) is 4.30. The molecule has 0 amide bonds. The van der Waals surface area contributed by atoms with Crippen LogP contribution in [0, 0.1) is 17.8 Å². The van der Waals surface area contributed by atoms with Gasteiger partial charge in [-0.1, -0.05) is 35.7 Å². The normalized spacial score (nSPS) is 31.8. The molecule has 2 aliphatic carbocycles. The molecule has 4 atom stereocenters. The Morgan fingerprint density at radius 1 is 1.17 bits per heavy atom. The van der Waals surface area contributed by atoms with E-state index in [1.54, 1.807) is 0 Å². The van der Waals surface area contributed by atoms with Crippen LogP contribution in [-0.4, -0.2) is 6.04 Å². The molecular formula is C15H19Cl2N. The molecule has 3 heteroatoms. The summed E-state index contributed by atoms with van der Waals surface area (Å²) in [6, 6.07) is 5.89. The molecule has 1 aromatic rings. The van der Waals surface area contributed by atoms with E-state index in [0.717, 1.165) is 33.9 Å². The molecule has 2 N–H and O–H groups in total. The standard InChI is InChI=1S/C15H19Cl2N/c16-13-2-1-3-14(17)12(13)8-15(18)11-7-9-4-5-10(11)6-9/h1-3,9-11,15H,4-8,18H2. The number of rotatable bonds is 3. The minimum absolute atomic E-state index is 0.206. The van der Waals surface area contributed by atoms with Gasteiger partial charge in [-0.25, -0.2) is 0 Å². The molecule has 98 valence electrons. The molecule has 0 radical (unpaired) electrons. The van der Waals surface area contributed by atoms with Gasteiger partial charge < -0.3 is 5.73 Å². The zero-order valence-corrected chi connectivity index (χ0v) is 11.9. The average molecular weight is 284 g/mol. The molecule has 2 saturated carbocycles. The number of halogens is 2. The summed E-state index contributed by atoms with van der Waals surface area (Å²) in [7, 11) is 0. The third-order valence-electron chi connectivity index (χ3n) is 4.84. The lowest BCUT2D eigenvalue weighted by atomic mass is 9.81. The van der Waals surface area contributed by atoms with Crippen molar-refractivity contribution < 1.29 is 0 Å². The Bertz CT molecular complexity index is 426. The number of benzene rings is 1. The van der Waals surface area contributed by atoms with Crippen LogP contribution in [0.2, 0.25) is 10.0 Å². The minimum Gasteiger partial charge on any atom is -0.327 e. The van der Waals surface area contributed by atoms with E-state index in [2.05, 4.69) is 0 Å². The van der Waals surface area contributed by atoms with Crippen LogP contribution in [0.4, 0.5) is 0 Å². The van der Waals surface area contributed by atoms with E-state index in [1.165, 1.54) is 25.7 Å². The van der Waals surface area contributed by atoms with Gasteiger partial charge in [0, 0.05) is 16.1 Å². The van der Waals surface area contributed by atoms with Crippen LogP contribution < -0.4 is 5.73 Å². The van der Waals surface area contributed by atoms with Crippen molar-refractivity contribution in [1.82, 2.24) is 0 Å². The molecular weight excluding hydrogens is 265 g/mol. The fourth-order valence-corrected chi connectivity index (χ4v) is 4.48. The fraction of sp³-hybridized carbons (Fsp3) is 0.600. The molecule has 4 unspecified atom stereocenters. The molecule has 2 aliphatic rings. The molecule has 3 rings (SSSR count). The first-order chi connectivity index (χ1) is 8.65. The summed E-state index contributed by atoms with van der Waals surface area (Å²) in [5, 5.41) is 1.50. The predicted molar refractivity (Wildman–Crippen MR) is 77.1 cm³/mol. The summed E-state index contributed by atoms with van der Waals surface area (Å²) in [5.41, 5.74) is 7.44. The minimum atomic E-state index is 0.206. The van der Waals surface area contributed by atoms with E-state index in [9.17, 15) is 0 Å². The molecule has 2 fully saturated rings. The molecule has 18 heavy (non-hydrogen) atoms. The quantitative estimate of drug-likeness (QED) is 0.880. The van der Waals surface area contributed by atoms with E-state index in [4.69, 9.17) is 28.9 Å². The van der Waals surface area contributed by atoms with E-state index in [1.807, 2.05) is 18.2 Å². The first-order valence-corrected chi connectivity index (χ1v) is 7.59. The van der Waals surface area contributed by atoms with Crippen LogP contribution in [0.5, 0.6) is 0 Å². The lowest BCUT2D eigenvalue weighted by Gasteiger charge is -2.28. The Kier molecular flexibility index (Phi) is 3.57. The van der Waals surface area contributed by atoms with Crippen LogP contribution >= 0.6 is 23.2 Å². The van der Waals surface area contributed by atoms with Crippen LogP contribution in [0.1, 0.15) is 31.2 Å². The summed E-state index contributed by atoms with van der Waals surface area (Å²) in [6.07, 6.45) is 6.31. The second-order valence-electron chi connectivity index (χ2n) is 5.91. The first kappa shape index (κ1) is 12.8. The molecule has 0 saturated heterocycles. The Morgan fingerprint density at radius 2 is 1.89 bits per heavy atom. The largest absolute Gasteiger partial charge is 0.327 e. The SMILES string of the molecule is NC(Cc1c(Cl)cccc1Cl)C1CC2CCC1C2. The zero-order valence-electron chi connectivity index (χ0n) is 10.4. The van der Waals surface area contributed by atoms with Gasteiger partial charge >= 0.3 is 0 Å². The summed E-state index contributed by atoms with van der Waals surface area (Å²) in [6.45, 7) is 0. The van der Waals surface area contributed by atoms with Gasteiger partial charge in [0.2, 0.25) is 0 Å². The van der Waals surface area contributed by atoms with Gasteiger partial charge in [0.15, 0.2) is 0 Å². The molecule has 0 spiro atoms. The molecule has 2 bridgehead atoms. The summed E-state index contributed by atoms with van der Waals surface area (Å²) in [5.74, 6) is 2.47. The number of hydrogen-bond acceptors (Lipinski definition) is 1. The molecule has 1 nitrogen and oxygen atoms in total. The zero-order chi connectivity index (χ0) is 12.7. The highest BCUT2D eigenvalue weighted by atomic mass is 35.5. The monoisotopic (exact) mass is 283 g/mol. The molecule has 0 heterocycles. The van der Waals surface area contributed by atoms with Gasteiger partial charge in [-0.2, -0.15) is 0 Å². The Labute approximate surface area is 119 Å². The first-order valence-electron chi connectivity index (χ1n) is 6.83. The Balaban J connectivity index is 1.73. The van der Waals surface area contributed by atoms with Gasteiger partial charge in [-0.3, -0.25) is 0 Å². The van der Waals surface area contributed by atoms with Gasteiger partial charge in [0.05, 0.1) is 0 Å². The van der Waals surface area contributed by atoms with Gasteiger partial charge in [-0.05, 0) is 61.1 Å². The van der Waals surface area contributed by atoms with Crippen molar-refractivity contribution in [3.05, 3.63) is 33.8 Å². The highest BCUT2D eigenvalue weighted by Gasteiger charge is 2.42. The van der Waals surface area contributed by atoms with Crippen molar-refractivity contribution in [2.45, 2.75) is 38.1 Å². The van der Waals surface area contributed by atoms with E-state index in [-0.39, 0.29) is 6.04 Å². The molecule has 0 aromatic heterocycles. The highest BCUT2D eigenvalue weighted by molar-refractivity contribution is 6.36. The van der Waals surface area contributed by atoms with Crippen LogP contribution in [-0.2, 0) is 6.42 Å². The van der Waals surface area contributed by atoms with Crippen LogP contribution in [0.3, 0.4) is 0 Å². The van der Waals surface area contributed by atoms with Crippen LogP contribution in [0.15, 0.2) is 18.2 Å².